The maximum atomic E-state index is 11.6. The summed E-state index contributed by atoms with van der Waals surface area (Å²) in [6, 6.07) is 11.5. The van der Waals surface area contributed by atoms with Gasteiger partial charge >= 0.3 is 0 Å². The first-order valence-electron chi connectivity index (χ1n) is 6.29. The molecule has 1 amide bonds. The lowest BCUT2D eigenvalue weighted by Crippen LogP contribution is -2.24. The number of carbonyl (C=O) groups is 1. The summed E-state index contributed by atoms with van der Waals surface area (Å²) in [7, 11) is 1.96. The van der Waals surface area contributed by atoms with Crippen molar-refractivity contribution in [2.45, 2.75) is 13.0 Å². The average Bonchev–Trinajstić information content (AvgIpc) is 2.83. The fourth-order valence-electron chi connectivity index (χ4n) is 1.73. The van der Waals surface area contributed by atoms with Gasteiger partial charge in [-0.05, 0) is 23.8 Å². The molecule has 0 bridgehead atoms. The predicted molar refractivity (Wildman–Crippen MR) is 73.8 cm³/mol. The number of ether oxygens (including phenoxy) is 1. The molecule has 0 aliphatic carbocycles. The molecule has 0 aliphatic heterocycles. The molecule has 0 saturated carbocycles. The SMILES string of the molecule is Cn1ccc(CNC(=O)CCOc2ccccc2)c1. The summed E-state index contributed by atoms with van der Waals surface area (Å²) in [5.41, 5.74) is 1.10. The zero-order chi connectivity index (χ0) is 13.5. The molecular formula is C15H18N2O2. The third-order valence-electron chi connectivity index (χ3n) is 2.72. The van der Waals surface area contributed by atoms with Crippen LogP contribution in [-0.2, 0) is 18.4 Å². The highest BCUT2D eigenvalue weighted by Crippen LogP contribution is 2.08. The molecule has 100 valence electrons. The van der Waals surface area contributed by atoms with Crippen molar-refractivity contribution in [2.75, 3.05) is 6.61 Å². The van der Waals surface area contributed by atoms with E-state index >= 15 is 0 Å². The average molecular weight is 258 g/mol. The molecule has 0 fully saturated rings. The van der Waals surface area contributed by atoms with E-state index in [1.165, 1.54) is 0 Å². The first kappa shape index (κ1) is 13.2. The van der Waals surface area contributed by atoms with Crippen molar-refractivity contribution in [2.24, 2.45) is 7.05 Å². The number of hydrogen-bond acceptors (Lipinski definition) is 2. The minimum Gasteiger partial charge on any atom is -0.493 e. The summed E-state index contributed by atoms with van der Waals surface area (Å²) in [5.74, 6) is 0.790. The molecule has 19 heavy (non-hydrogen) atoms. The van der Waals surface area contributed by atoms with Crippen LogP contribution in [0.15, 0.2) is 48.8 Å². The highest BCUT2D eigenvalue weighted by molar-refractivity contribution is 5.75. The van der Waals surface area contributed by atoms with Gasteiger partial charge < -0.3 is 14.6 Å². The van der Waals surface area contributed by atoms with Gasteiger partial charge in [-0.25, -0.2) is 0 Å². The quantitative estimate of drug-likeness (QED) is 0.862. The van der Waals surface area contributed by atoms with Gasteiger partial charge in [0.2, 0.25) is 5.91 Å². The van der Waals surface area contributed by atoms with Crippen molar-refractivity contribution in [1.82, 2.24) is 9.88 Å². The van der Waals surface area contributed by atoms with Crippen LogP contribution in [0.5, 0.6) is 5.75 Å². The van der Waals surface area contributed by atoms with Gasteiger partial charge in [-0.1, -0.05) is 18.2 Å². The summed E-state index contributed by atoms with van der Waals surface area (Å²) in [4.78, 5) is 11.6. The lowest BCUT2D eigenvalue weighted by Gasteiger charge is -2.06. The number of rotatable bonds is 6. The minimum atomic E-state index is -0.000200. The molecule has 0 saturated heterocycles. The summed E-state index contributed by atoms with van der Waals surface area (Å²) in [5, 5.41) is 2.87. The van der Waals surface area contributed by atoms with Crippen molar-refractivity contribution >= 4 is 5.91 Å². The fraction of sp³-hybridized carbons (Fsp3) is 0.267. The zero-order valence-electron chi connectivity index (χ0n) is 11.0. The van der Waals surface area contributed by atoms with Gasteiger partial charge in [0, 0.05) is 26.0 Å². The fourth-order valence-corrected chi connectivity index (χ4v) is 1.73. The molecule has 1 aromatic heterocycles. The summed E-state index contributed by atoms with van der Waals surface area (Å²) in [6.07, 6.45) is 4.31. The molecule has 0 radical (unpaired) electrons. The summed E-state index contributed by atoms with van der Waals surface area (Å²) < 4.78 is 7.43. The van der Waals surface area contributed by atoms with Crippen LogP contribution in [0.2, 0.25) is 0 Å². The monoisotopic (exact) mass is 258 g/mol. The molecule has 1 N–H and O–H groups in total. The third kappa shape index (κ3) is 4.50. The number of carbonyl (C=O) groups excluding carboxylic acids is 1. The van der Waals surface area contributed by atoms with E-state index in [2.05, 4.69) is 5.32 Å². The Kier molecular flexibility index (Phi) is 4.61. The third-order valence-corrected chi connectivity index (χ3v) is 2.72. The van der Waals surface area contributed by atoms with Crippen LogP contribution in [0.25, 0.3) is 0 Å². The topological polar surface area (TPSA) is 43.3 Å². The molecule has 0 atom stereocenters. The van der Waals surface area contributed by atoms with Crippen LogP contribution >= 0.6 is 0 Å². The standard InChI is InChI=1S/C15H18N2O2/c1-17-9-7-13(12-17)11-16-15(18)8-10-19-14-5-3-2-4-6-14/h2-7,9,12H,8,10-11H2,1H3,(H,16,18). The highest BCUT2D eigenvalue weighted by Gasteiger charge is 2.02. The number of amides is 1. The normalized spacial score (nSPS) is 10.2. The molecule has 0 unspecified atom stereocenters. The van der Waals surface area contributed by atoms with Crippen molar-refractivity contribution < 1.29 is 9.53 Å². The Labute approximate surface area is 113 Å². The van der Waals surface area contributed by atoms with E-state index in [1.807, 2.05) is 60.4 Å². The van der Waals surface area contributed by atoms with Crippen LogP contribution in [0, 0.1) is 0 Å². The van der Waals surface area contributed by atoms with E-state index in [0.29, 0.717) is 19.6 Å². The van der Waals surface area contributed by atoms with Crippen LogP contribution in [0.3, 0.4) is 0 Å². The van der Waals surface area contributed by atoms with Crippen molar-refractivity contribution in [1.29, 1.82) is 0 Å². The molecule has 1 aromatic carbocycles. The number of para-hydroxylation sites is 1. The Bertz CT molecular complexity index is 520. The molecular weight excluding hydrogens is 240 g/mol. The maximum Gasteiger partial charge on any atom is 0.223 e. The smallest absolute Gasteiger partial charge is 0.223 e. The van der Waals surface area contributed by atoms with Gasteiger partial charge in [0.15, 0.2) is 0 Å². The van der Waals surface area contributed by atoms with Gasteiger partial charge in [-0.15, -0.1) is 0 Å². The molecule has 2 rings (SSSR count). The summed E-state index contributed by atoms with van der Waals surface area (Å²) in [6.45, 7) is 0.954. The Balaban J connectivity index is 1.65. The van der Waals surface area contributed by atoms with E-state index in [9.17, 15) is 4.79 Å². The lowest BCUT2D eigenvalue weighted by atomic mass is 10.3. The van der Waals surface area contributed by atoms with Crippen LogP contribution < -0.4 is 10.1 Å². The zero-order valence-corrected chi connectivity index (χ0v) is 11.0. The number of nitrogens with one attached hydrogen (secondary N) is 1. The minimum absolute atomic E-state index is 0.000200. The van der Waals surface area contributed by atoms with Crippen molar-refractivity contribution in [3.63, 3.8) is 0 Å². The van der Waals surface area contributed by atoms with Gasteiger partial charge in [0.1, 0.15) is 5.75 Å². The predicted octanol–water partition coefficient (Wildman–Crippen LogP) is 2.11. The van der Waals surface area contributed by atoms with Crippen LogP contribution in [0.1, 0.15) is 12.0 Å². The second-order valence-corrected chi connectivity index (χ2v) is 4.37. The molecule has 4 nitrogen and oxygen atoms in total. The number of nitrogens with zero attached hydrogens (tertiary/aromatic N) is 1. The maximum absolute atomic E-state index is 11.6. The van der Waals surface area contributed by atoms with E-state index < -0.39 is 0 Å². The van der Waals surface area contributed by atoms with E-state index in [4.69, 9.17) is 4.74 Å². The Morgan fingerprint density at radius 2 is 2.05 bits per heavy atom. The van der Waals surface area contributed by atoms with Gasteiger partial charge in [0.25, 0.3) is 0 Å². The van der Waals surface area contributed by atoms with Gasteiger partial charge in [0.05, 0.1) is 13.0 Å². The molecule has 0 aliphatic rings. The van der Waals surface area contributed by atoms with E-state index in [1.54, 1.807) is 0 Å². The number of aromatic nitrogens is 1. The van der Waals surface area contributed by atoms with E-state index in [0.717, 1.165) is 11.3 Å². The molecule has 2 aromatic rings. The van der Waals surface area contributed by atoms with E-state index in [-0.39, 0.29) is 5.91 Å². The first-order valence-corrected chi connectivity index (χ1v) is 6.29. The highest BCUT2D eigenvalue weighted by atomic mass is 16.5. The molecule has 4 heteroatoms. The number of benzene rings is 1. The van der Waals surface area contributed by atoms with Crippen LogP contribution in [-0.4, -0.2) is 17.1 Å². The Morgan fingerprint density at radius 1 is 1.26 bits per heavy atom. The molecule has 0 spiro atoms. The first-order chi connectivity index (χ1) is 9.24. The largest absolute Gasteiger partial charge is 0.493 e. The molecule has 1 heterocycles. The van der Waals surface area contributed by atoms with Crippen molar-refractivity contribution in [3.8, 4) is 5.75 Å². The van der Waals surface area contributed by atoms with Gasteiger partial charge in [-0.3, -0.25) is 4.79 Å². The lowest BCUT2D eigenvalue weighted by molar-refractivity contribution is -0.121. The Hall–Kier alpha value is -2.23. The number of hydrogen-bond donors (Lipinski definition) is 1. The van der Waals surface area contributed by atoms with Gasteiger partial charge in [-0.2, -0.15) is 0 Å². The Morgan fingerprint density at radius 3 is 2.74 bits per heavy atom. The number of aryl methyl sites for hydroxylation is 1. The van der Waals surface area contributed by atoms with Crippen LogP contribution in [0.4, 0.5) is 0 Å². The summed E-state index contributed by atoms with van der Waals surface area (Å²) >= 11 is 0. The van der Waals surface area contributed by atoms with Crippen molar-refractivity contribution in [3.05, 3.63) is 54.4 Å². The second kappa shape index (κ2) is 6.64. The second-order valence-electron chi connectivity index (χ2n) is 4.37.